The maximum atomic E-state index is 14.7. The molecule has 1 saturated carbocycles. The van der Waals surface area contributed by atoms with Crippen molar-refractivity contribution in [1.29, 1.82) is 0 Å². The third-order valence-electron chi connectivity index (χ3n) is 5.74. The van der Waals surface area contributed by atoms with Gasteiger partial charge in [-0.05, 0) is 38.6 Å². The Bertz CT molecular complexity index is 572. The SMILES string of the molecule is Cc1nc(CN2CCC3(C2)CN(CC2CC2)CCC3(F)F)cs1. The average Bonchev–Trinajstić information content (AvgIpc) is 3.07. The normalized spacial score (nSPS) is 32.0. The molecule has 23 heavy (non-hydrogen) atoms. The maximum absolute atomic E-state index is 14.7. The topological polar surface area (TPSA) is 19.4 Å². The van der Waals surface area contributed by atoms with E-state index in [2.05, 4.69) is 20.2 Å². The van der Waals surface area contributed by atoms with Crippen LogP contribution in [-0.4, -0.2) is 53.4 Å². The van der Waals surface area contributed by atoms with Gasteiger partial charge in [0.05, 0.1) is 16.1 Å². The van der Waals surface area contributed by atoms with Crippen molar-refractivity contribution in [3.63, 3.8) is 0 Å². The highest BCUT2D eigenvalue weighted by Crippen LogP contribution is 2.50. The van der Waals surface area contributed by atoms with E-state index in [1.165, 1.54) is 12.8 Å². The van der Waals surface area contributed by atoms with Gasteiger partial charge in [-0.2, -0.15) is 0 Å². The van der Waals surface area contributed by atoms with Crippen LogP contribution in [0.25, 0.3) is 0 Å². The molecule has 128 valence electrons. The summed E-state index contributed by atoms with van der Waals surface area (Å²) in [6.45, 7) is 6.15. The second-order valence-electron chi connectivity index (χ2n) is 7.73. The van der Waals surface area contributed by atoms with E-state index >= 15 is 0 Å². The molecule has 2 aliphatic heterocycles. The van der Waals surface area contributed by atoms with Crippen LogP contribution in [-0.2, 0) is 6.54 Å². The van der Waals surface area contributed by atoms with Gasteiger partial charge >= 0.3 is 0 Å². The summed E-state index contributed by atoms with van der Waals surface area (Å²) in [6.07, 6.45) is 3.22. The Morgan fingerprint density at radius 3 is 2.65 bits per heavy atom. The van der Waals surface area contributed by atoms with Gasteiger partial charge in [0.15, 0.2) is 0 Å². The maximum Gasteiger partial charge on any atom is 0.257 e. The van der Waals surface area contributed by atoms with Crippen molar-refractivity contribution in [2.45, 2.75) is 45.1 Å². The van der Waals surface area contributed by atoms with E-state index < -0.39 is 11.3 Å². The molecule has 0 N–H and O–H groups in total. The lowest BCUT2D eigenvalue weighted by Gasteiger charge is -2.46. The van der Waals surface area contributed by atoms with Gasteiger partial charge in [0.1, 0.15) is 0 Å². The van der Waals surface area contributed by atoms with E-state index in [0.29, 0.717) is 32.6 Å². The Morgan fingerprint density at radius 2 is 1.96 bits per heavy atom. The lowest BCUT2D eigenvalue weighted by molar-refractivity contribution is -0.162. The molecular weight excluding hydrogens is 316 g/mol. The minimum atomic E-state index is -2.53. The predicted molar refractivity (Wildman–Crippen MR) is 87.9 cm³/mol. The standard InChI is InChI=1S/C17H25F2N3S/c1-13-20-15(10-23-13)9-22-6-4-16(12-22)11-21(8-14-2-3-14)7-5-17(16,18)19/h10,14H,2-9,11-12H2,1H3. The van der Waals surface area contributed by atoms with Crippen LogP contribution in [0.1, 0.15) is 36.4 Å². The number of alkyl halides is 2. The number of piperidine rings is 1. The third kappa shape index (κ3) is 3.17. The Labute approximate surface area is 140 Å². The zero-order chi connectivity index (χ0) is 16.1. The van der Waals surface area contributed by atoms with Crippen molar-refractivity contribution in [2.75, 3.05) is 32.7 Å². The molecule has 3 aliphatic rings. The molecule has 1 aromatic heterocycles. The first-order valence-electron chi connectivity index (χ1n) is 8.69. The quantitative estimate of drug-likeness (QED) is 0.837. The molecule has 3 fully saturated rings. The van der Waals surface area contributed by atoms with Crippen LogP contribution in [0.4, 0.5) is 8.78 Å². The van der Waals surface area contributed by atoms with Crippen LogP contribution < -0.4 is 0 Å². The number of thiazole rings is 1. The predicted octanol–water partition coefficient (Wildman–Crippen LogP) is 3.39. The van der Waals surface area contributed by atoms with E-state index in [9.17, 15) is 8.78 Å². The number of nitrogens with zero attached hydrogens (tertiary/aromatic N) is 3. The van der Waals surface area contributed by atoms with Gasteiger partial charge in [0.2, 0.25) is 0 Å². The second-order valence-corrected chi connectivity index (χ2v) is 8.79. The molecule has 1 atom stereocenters. The van der Waals surface area contributed by atoms with E-state index in [4.69, 9.17) is 0 Å². The fourth-order valence-corrected chi connectivity index (χ4v) is 4.84. The molecule has 0 aromatic carbocycles. The van der Waals surface area contributed by atoms with Crippen molar-refractivity contribution in [3.8, 4) is 0 Å². The van der Waals surface area contributed by atoms with Crippen molar-refractivity contribution >= 4 is 11.3 Å². The van der Waals surface area contributed by atoms with Gasteiger partial charge in [-0.25, -0.2) is 13.8 Å². The highest BCUT2D eigenvalue weighted by atomic mass is 32.1. The van der Waals surface area contributed by atoms with Crippen LogP contribution in [0.3, 0.4) is 0 Å². The fraction of sp³-hybridized carbons (Fsp3) is 0.824. The molecule has 1 spiro atoms. The lowest BCUT2D eigenvalue weighted by atomic mass is 9.75. The molecule has 3 heterocycles. The van der Waals surface area contributed by atoms with Gasteiger partial charge < -0.3 is 4.90 Å². The van der Waals surface area contributed by atoms with Crippen LogP contribution >= 0.6 is 11.3 Å². The third-order valence-corrected chi connectivity index (χ3v) is 6.56. The summed E-state index contributed by atoms with van der Waals surface area (Å²) in [7, 11) is 0. The van der Waals surface area contributed by atoms with Gasteiger partial charge in [0, 0.05) is 44.5 Å². The number of hydrogen-bond donors (Lipinski definition) is 0. The van der Waals surface area contributed by atoms with Crippen LogP contribution in [0, 0.1) is 18.3 Å². The number of rotatable bonds is 4. The second kappa shape index (κ2) is 5.74. The van der Waals surface area contributed by atoms with Gasteiger partial charge in [0.25, 0.3) is 5.92 Å². The van der Waals surface area contributed by atoms with Crippen LogP contribution in [0.5, 0.6) is 0 Å². The molecule has 6 heteroatoms. The summed E-state index contributed by atoms with van der Waals surface area (Å²) in [5.74, 6) is -1.76. The summed E-state index contributed by atoms with van der Waals surface area (Å²) in [4.78, 5) is 8.98. The molecule has 3 nitrogen and oxygen atoms in total. The number of likely N-dealkylation sites (tertiary alicyclic amines) is 2. The fourth-order valence-electron chi connectivity index (χ4n) is 4.24. The summed E-state index contributed by atoms with van der Waals surface area (Å²) in [5.41, 5.74) is 0.184. The number of hydrogen-bond acceptors (Lipinski definition) is 4. The zero-order valence-electron chi connectivity index (χ0n) is 13.7. The monoisotopic (exact) mass is 341 g/mol. The van der Waals surface area contributed by atoms with Gasteiger partial charge in [-0.15, -0.1) is 11.3 Å². The van der Waals surface area contributed by atoms with Crippen molar-refractivity contribution in [3.05, 3.63) is 16.1 Å². The highest BCUT2D eigenvalue weighted by Gasteiger charge is 2.59. The summed E-state index contributed by atoms with van der Waals surface area (Å²) in [6, 6.07) is 0. The average molecular weight is 341 g/mol. The largest absolute Gasteiger partial charge is 0.302 e. The minimum absolute atomic E-state index is 0.0311. The van der Waals surface area contributed by atoms with Gasteiger partial charge in [-0.1, -0.05) is 0 Å². The zero-order valence-corrected chi connectivity index (χ0v) is 14.5. The van der Waals surface area contributed by atoms with E-state index in [-0.39, 0.29) is 6.42 Å². The number of halogens is 2. The first kappa shape index (κ1) is 15.9. The molecule has 0 radical (unpaired) electrons. The van der Waals surface area contributed by atoms with E-state index in [1.807, 2.05) is 6.92 Å². The Morgan fingerprint density at radius 1 is 1.22 bits per heavy atom. The van der Waals surface area contributed by atoms with Crippen molar-refractivity contribution in [2.24, 2.45) is 11.3 Å². The van der Waals surface area contributed by atoms with Gasteiger partial charge in [-0.3, -0.25) is 4.90 Å². The van der Waals surface area contributed by atoms with Crippen molar-refractivity contribution < 1.29 is 8.78 Å². The summed E-state index contributed by atoms with van der Waals surface area (Å²) >= 11 is 1.63. The highest BCUT2D eigenvalue weighted by molar-refractivity contribution is 7.09. The first-order valence-corrected chi connectivity index (χ1v) is 9.57. The number of aryl methyl sites for hydroxylation is 1. The first-order chi connectivity index (χ1) is 11.0. The van der Waals surface area contributed by atoms with Crippen LogP contribution in [0.2, 0.25) is 0 Å². The molecule has 1 unspecified atom stereocenters. The van der Waals surface area contributed by atoms with Crippen molar-refractivity contribution in [1.82, 2.24) is 14.8 Å². The molecule has 1 aliphatic carbocycles. The Balaban J connectivity index is 1.44. The smallest absolute Gasteiger partial charge is 0.257 e. The number of aromatic nitrogens is 1. The Kier molecular flexibility index (Phi) is 3.97. The molecule has 4 rings (SSSR count). The molecule has 1 aromatic rings. The summed E-state index contributed by atoms with van der Waals surface area (Å²) < 4.78 is 29.5. The van der Waals surface area contributed by atoms with E-state index in [0.717, 1.165) is 29.7 Å². The molecular formula is C17H25F2N3S. The lowest BCUT2D eigenvalue weighted by Crippen LogP contribution is -2.57. The molecule has 0 bridgehead atoms. The molecule has 0 amide bonds. The van der Waals surface area contributed by atoms with E-state index in [1.54, 1.807) is 11.3 Å². The molecule has 2 saturated heterocycles. The minimum Gasteiger partial charge on any atom is -0.302 e. The summed E-state index contributed by atoms with van der Waals surface area (Å²) in [5, 5.41) is 3.10. The Hall–Kier alpha value is -0.590. The van der Waals surface area contributed by atoms with Crippen LogP contribution in [0.15, 0.2) is 5.38 Å².